The molecule has 0 saturated carbocycles. The summed E-state index contributed by atoms with van der Waals surface area (Å²) < 4.78 is 11.5. The molecule has 1 fully saturated rings. The number of aliphatic hydroxyl groups is 1. The molecule has 2 unspecified atom stereocenters. The largest absolute Gasteiger partial charge is 0.462 e. The van der Waals surface area contributed by atoms with Gasteiger partial charge < -0.3 is 14.6 Å². The van der Waals surface area contributed by atoms with Crippen molar-refractivity contribution < 1.29 is 24.2 Å². The van der Waals surface area contributed by atoms with E-state index in [1.165, 1.54) is 5.57 Å². The van der Waals surface area contributed by atoms with Gasteiger partial charge in [-0.15, -0.1) is 0 Å². The van der Waals surface area contributed by atoms with Crippen molar-refractivity contribution in [2.24, 2.45) is 29.1 Å². The van der Waals surface area contributed by atoms with Crippen molar-refractivity contribution >= 4 is 11.9 Å². The average Bonchev–Trinajstić information content (AvgIpc) is 2.66. The zero-order valence-electron chi connectivity index (χ0n) is 18.9. The third kappa shape index (κ3) is 5.05. The van der Waals surface area contributed by atoms with Crippen LogP contribution in [0.25, 0.3) is 0 Å². The van der Waals surface area contributed by atoms with E-state index in [1.807, 2.05) is 20.8 Å². The molecule has 3 aliphatic rings. The fraction of sp³-hybridized carbons (Fsp3) is 0.680. The first-order chi connectivity index (χ1) is 14.1. The topological polar surface area (TPSA) is 72.8 Å². The van der Waals surface area contributed by atoms with Gasteiger partial charge in [-0.25, -0.2) is 0 Å². The summed E-state index contributed by atoms with van der Waals surface area (Å²) in [6.07, 6.45) is 10.7. The van der Waals surface area contributed by atoms with Gasteiger partial charge in [-0.05, 0) is 62.5 Å². The lowest BCUT2D eigenvalue weighted by atomic mass is 9.68. The predicted octanol–water partition coefficient (Wildman–Crippen LogP) is 4.71. The quantitative estimate of drug-likeness (QED) is 0.635. The molecule has 0 spiro atoms. The van der Waals surface area contributed by atoms with Crippen LogP contribution in [0.1, 0.15) is 66.7 Å². The van der Waals surface area contributed by atoms with Crippen molar-refractivity contribution in [3.8, 4) is 0 Å². The minimum atomic E-state index is -0.612. The number of hydrogen-bond acceptors (Lipinski definition) is 5. The van der Waals surface area contributed by atoms with Gasteiger partial charge in [0.25, 0.3) is 0 Å². The summed E-state index contributed by atoms with van der Waals surface area (Å²) in [5.41, 5.74) is 0.676. The lowest BCUT2D eigenvalue weighted by Gasteiger charge is -2.39. The number of allylic oxidation sites excluding steroid dienone is 5. The molecular formula is C25H36O5. The molecule has 1 aliphatic heterocycles. The molecule has 3 rings (SSSR count). The maximum Gasteiger partial charge on any atom is 0.316 e. The number of ether oxygens (including phenoxy) is 2. The Kier molecular flexibility index (Phi) is 6.91. The number of carbonyl (C=O) groups is 2. The van der Waals surface area contributed by atoms with Crippen molar-refractivity contribution in [1.82, 2.24) is 0 Å². The van der Waals surface area contributed by atoms with E-state index < -0.39 is 11.5 Å². The predicted molar refractivity (Wildman–Crippen MR) is 115 cm³/mol. The van der Waals surface area contributed by atoms with Gasteiger partial charge in [0.15, 0.2) is 0 Å². The van der Waals surface area contributed by atoms with Crippen LogP contribution in [0, 0.1) is 29.1 Å². The van der Waals surface area contributed by atoms with Gasteiger partial charge in [0, 0.05) is 12.3 Å². The maximum atomic E-state index is 12.8. The number of hydrogen-bond donors (Lipinski definition) is 1. The third-order valence-electron chi connectivity index (χ3n) is 6.95. The molecule has 0 amide bonds. The Labute approximate surface area is 180 Å². The van der Waals surface area contributed by atoms with Crippen LogP contribution in [0.2, 0.25) is 0 Å². The number of esters is 2. The van der Waals surface area contributed by atoms with Crippen molar-refractivity contribution in [3.05, 3.63) is 35.6 Å². The Bertz CT molecular complexity index is 760. The molecule has 0 aromatic carbocycles. The van der Waals surface area contributed by atoms with Crippen LogP contribution in [0.3, 0.4) is 0 Å². The first-order valence-corrected chi connectivity index (χ1v) is 11.3. The summed E-state index contributed by atoms with van der Waals surface area (Å²) in [5.74, 6) is 1.04. The molecule has 5 nitrogen and oxygen atoms in total. The van der Waals surface area contributed by atoms with Gasteiger partial charge in [-0.1, -0.05) is 39.0 Å². The molecule has 1 N–H and O–H groups in total. The highest BCUT2D eigenvalue weighted by atomic mass is 16.5. The van der Waals surface area contributed by atoms with Gasteiger partial charge in [-0.2, -0.15) is 0 Å². The lowest BCUT2D eigenvalue weighted by molar-refractivity contribution is -0.161. The zero-order chi connectivity index (χ0) is 22.1. The van der Waals surface area contributed by atoms with E-state index in [2.05, 4.69) is 38.2 Å². The summed E-state index contributed by atoms with van der Waals surface area (Å²) in [5, 5.41) is 9.91. The first-order valence-electron chi connectivity index (χ1n) is 11.3. The van der Waals surface area contributed by atoms with E-state index in [4.69, 9.17) is 9.47 Å². The SMILES string of the molecule is CCC(C)(C)C(=O)OC1=C[C@@H](C)C=C2C=CC(C)[C@H](CCC3C[C@@H](O)CC(=O)O3)[C@H]21. The smallest absolute Gasteiger partial charge is 0.316 e. The van der Waals surface area contributed by atoms with Gasteiger partial charge in [-0.3, -0.25) is 9.59 Å². The fourth-order valence-electron chi connectivity index (χ4n) is 4.64. The summed E-state index contributed by atoms with van der Waals surface area (Å²) in [4.78, 5) is 24.5. The number of fused-ring (bicyclic) bond motifs is 1. The molecule has 1 saturated heterocycles. The molecule has 2 aliphatic carbocycles. The summed E-state index contributed by atoms with van der Waals surface area (Å²) >= 11 is 0. The second-order valence-electron chi connectivity index (χ2n) is 9.86. The number of aliphatic hydroxyl groups excluding tert-OH is 1. The Hall–Kier alpha value is -1.88. The third-order valence-corrected chi connectivity index (χ3v) is 6.95. The van der Waals surface area contributed by atoms with Crippen LogP contribution in [0.15, 0.2) is 35.6 Å². The molecule has 5 heteroatoms. The molecule has 30 heavy (non-hydrogen) atoms. The van der Waals surface area contributed by atoms with Crippen molar-refractivity contribution in [1.29, 1.82) is 0 Å². The molecular weight excluding hydrogens is 380 g/mol. The van der Waals surface area contributed by atoms with Crippen LogP contribution < -0.4 is 0 Å². The number of cyclic esters (lactones) is 1. The first kappa shape index (κ1) is 22.8. The van der Waals surface area contributed by atoms with Crippen molar-refractivity contribution in [3.63, 3.8) is 0 Å². The van der Waals surface area contributed by atoms with Crippen LogP contribution >= 0.6 is 0 Å². The fourth-order valence-corrected chi connectivity index (χ4v) is 4.64. The van der Waals surface area contributed by atoms with Gasteiger partial charge in [0.05, 0.1) is 17.9 Å². The van der Waals surface area contributed by atoms with Crippen LogP contribution in [-0.2, 0) is 19.1 Å². The maximum absolute atomic E-state index is 12.8. The Morgan fingerprint density at radius 3 is 2.67 bits per heavy atom. The molecule has 0 radical (unpaired) electrons. The number of carbonyl (C=O) groups excluding carboxylic acids is 2. The van der Waals surface area contributed by atoms with Crippen molar-refractivity contribution in [2.45, 2.75) is 78.9 Å². The Morgan fingerprint density at radius 2 is 2.00 bits per heavy atom. The highest BCUT2D eigenvalue weighted by molar-refractivity contribution is 5.77. The van der Waals surface area contributed by atoms with Gasteiger partial charge in [0.1, 0.15) is 11.9 Å². The highest BCUT2D eigenvalue weighted by Gasteiger charge is 2.40. The van der Waals surface area contributed by atoms with Crippen molar-refractivity contribution in [2.75, 3.05) is 0 Å². The van der Waals surface area contributed by atoms with Crippen LogP contribution in [-0.4, -0.2) is 29.3 Å². The molecule has 0 aromatic heterocycles. The van der Waals surface area contributed by atoms with E-state index >= 15 is 0 Å². The molecule has 166 valence electrons. The normalized spacial score (nSPS) is 33.9. The van der Waals surface area contributed by atoms with E-state index in [0.717, 1.165) is 18.6 Å². The molecule has 0 bridgehead atoms. The standard InChI is InChI=1S/C25H36O5/c1-6-25(4,5)24(28)30-21-12-15(2)11-17-8-7-16(3)20(23(17)21)10-9-19-13-18(26)14-22(27)29-19/h7-8,11-12,15-16,18-20,23,26H,6,9-10,13-14H2,1-5H3/t15-,16?,18+,19?,20-,23-/m0/s1. The van der Waals surface area contributed by atoms with Gasteiger partial charge in [0.2, 0.25) is 0 Å². The van der Waals surface area contributed by atoms with E-state index in [1.54, 1.807) is 0 Å². The summed E-state index contributed by atoms with van der Waals surface area (Å²) in [6, 6.07) is 0. The summed E-state index contributed by atoms with van der Waals surface area (Å²) in [7, 11) is 0. The number of rotatable bonds is 6. The lowest BCUT2D eigenvalue weighted by Crippen LogP contribution is -2.36. The summed E-state index contributed by atoms with van der Waals surface area (Å²) in [6.45, 7) is 10.1. The highest BCUT2D eigenvalue weighted by Crippen LogP contribution is 2.45. The second kappa shape index (κ2) is 9.09. The van der Waals surface area contributed by atoms with Crippen LogP contribution in [0.5, 0.6) is 0 Å². The van der Waals surface area contributed by atoms with E-state index in [0.29, 0.717) is 18.8 Å². The minimum Gasteiger partial charge on any atom is -0.462 e. The average molecular weight is 417 g/mol. The van der Waals surface area contributed by atoms with E-state index in [-0.39, 0.29) is 42.2 Å². The monoisotopic (exact) mass is 416 g/mol. The minimum absolute atomic E-state index is 0.0296. The zero-order valence-corrected chi connectivity index (χ0v) is 18.9. The van der Waals surface area contributed by atoms with Crippen LogP contribution in [0.4, 0.5) is 0 Å². The van der Waals surface area contributed by atoms with Gasteiger partial charge >= 0.3 is 11.9 Å². The molecule has 1 heterocycles. The second-order valence-corrected chi connectivity index (χ2v) is 9.86. The molecule has 6 atom stereocenters. The van der Waals surface area contributed by atoms with E-state index in [9.17, 15) is 14.7 Å². The Morgan fingerprint density at radius 1 is 1.27 bits per heavy atom. The molecule has 0 aromatic rings. The Balaban J connectivity index is 1.78.